The summed E-state index contributed by atoms with van der Waals surface area (Å²) < 4.78 is 0.213. The number of carbonyl (C=O) groups is 2. The summed E-state index contributed by atoms with van der Waals surface area (Å²) in [5.41, 5.74) is 0.291. The van der Waals surface area contributed by atoms with E-state index in [0.29, 0.717) is 0 Å². The SMILES string of the molecule is O=C1C(Br)=CC(=O)c2c(Cl)ccnc21. The molecule has 14 heavy (non-hydrogen) atoms. The largest absolute Gasteiger partial charge is 0.289 e. The molecule has 0 fully saturated rings. The summed E-state index contributed by atoms with van der Waals surface area (Å²) in [5.74, 6) is -0.619. The lowest BCUT2D eigenvalue weighted by Gasteiger charge is -2.10. The van der Waals surface area contributed by atoms with Gasteiger partial charge in [0.05, 0.1) is 15.1 Å². The number of aromatic nitrogens is 1. The van der Waals surface area contributed by atoms with E-state index in [1.54, 1.807) is 0 Å². The van der Waals surface area contributed by atoms with Gasteiger partial charge in [0.1, 0.15) is 5.69 Å². The maximum Gasteiger partial charge on any atom is 0.219 e. The number of nitrogens with zero attached hydrogens (tertiary/aromatic N) is 1. The Kier molecular flexibility index (Phi) is 2.25. The van der Waals surface area contributed by atoms with Crippen LogP contribution >= 0.6 is 27.5 Å². The molecular formula is C9H3BrClNO2. The van der Waals surface area contributed by atoms with Gasteiger partial charge in [0.15, 0.2) is 5.78 Å². The Labute approximate surface area is 92.9 Å². The molecule has 0 bridgehead atoms. The van der Waals surface area contributed by atoms with Gasteiger partial charge in [0.25, 0.3) is 0 Å². The number of pyridine rings is 1. The highest BCUT2D eigenvalue weighted by Crippen LogP contribution is 2.27. The number of halogens is 2. The lowest BCUT2D eigenvalue weighted by molar-refractivity contribution is 0.0988. The van der Waals surface area contributed by atoms with E-state index in [1.165, 1.54) is 18.3 Å². The van der Waals surface area contributed by atoms with Crippen LogP contribution in [-0.4, -0.2) is 16.6 Å². The molecule has 0 spiro atoms. The zero-order valence-electron chi connectivity index (χ0n) is 6.75. The van der Waals surface area contributed by atoms with E-state index in [0.717, 1.165) is 0 Å². The van der Waals surface area contributed by atoms with Crippen molar-refractivity contribution < 1.29 is 9.59 Å². The summed E-state index contributed by atoms with van der Waals surface area (Å²) in [7, 11) is 0. The fourth-order valence-corrected chi connectivity index (χ4v) is 1.85. The Balaban J connectivity index is 2.75. The molecule has 0 amide bonds. The van der Waals surface area contributed by atoms with Crippen molar-refractivity contribution in [3.05, 3.63) is 39.1 Å². The zero-order chi connectivity index (χ0) is 10.3. The van der Waals surface area contributed by atoms with Crippen LogP contribution in [0.1, 0.15) is 20.8 Å². The van der Waals surface area contributed by atoms with Crippen LogP contribution < -0.4 is 0 Å². The van der Waals surface area contributed by atoms with Crippen molar-refractivity contribution in [3.63, 3.8) is 0 Å². The zero-order valence-corrected chi connectivity index (χ0v) is 9.09. The molecule has 5 heteroatoms. The molecule has 0 saturated heterocycles. The molecular weight excluding hydrogens is 269 g/mol. The van der Waals surface area contributed by atoms with Crippen LogP contribution in [0.2, 0.25) is 5.02 Å². The molecule has 70 valence electrons. The highest BCUT2D eigenvalue weighted by Gasteiger charge is 2.27. The van der Waals surface area contributed by atoms with Gasteiger partial charge in [-0.3, -0.25) is 14.6 Å². The molecule has 0 atom stereocenters. The van der Waals surface area contributed by atoms with Gasteiger partial charge in [0, 0.05) is 12.3 Å². The van der Waals surface area contributed by atoms with E-state index in [9.17, 15) is 9.59 Å². The van der Waals surface area contributed by atoms with E-state index in [4.69, 9.17) is 11.6 Å². The third-order valence-electron chi connectivity index (χ3n) is 1.84. The first kappa shape index (κ1) is 9.55. The molecule has 0 N–H and O–H groups in total. The van der Waals surface area contributed by atoms with Crippen LogP contribution in [0.15, 0.2) is 22.8 Å². The minimum Gasteiger partial charge on any atom is -0.289 e. The van der Waals surface area contributed by atoms with Crippen molar-refractivity contribution in [2.45, 2.75) is 0 Å². The first-order valence-corrected chi connectivity index (χ1v) is 4.89. The fraction of sp³-hybridized carbons (Fsp3) is 0. The quantitative estimate of drug-likeness (QED) is 0.728. The molecule has 1 aromatic rings. The predicted molar refractivity (Wildman–Crippen MR) is 54.9 cm³/mol. The first-order valence-electron chi connectivity index (χ1n) is 3.72. The molecule has 0 unspecified atom stereocenters. The van der Waals surface area contributed by atoms with Crippen molar-refractivity contribution in [2.75, 3.05) is 0 Å². The Morgan fingerprint density at radius 2 is 2.07 bits per heavy atom. The number of hydrogen-bond donors (Lipinski definition) is 0. The standard InChI is InChI=1S/C9H3BrClNO2/c10-4-3-6(13)7-5(11)1-2-12-8(7)9(4)14/h1-3H. The molecule has 1 heterocycles. The van der Waals surface area contributed by atoms with Gasteiger partial charge in [-0.2, -0.15) is 0 Å². The summed E-state index contributed by atoms with van der Waals surface area (Å²) in [6.07, 6.45) is 2.61. The molecule has 3 nitrogen and oxygen atoms in total. The van der Waals surface area contributed by atoms with Crippen LogP contribution in [-0.2, 0) is 0 Å². The Hall–Kier alpha value is -1.00. The van der Waals surface area contributed by atoms with E-state index in [1.807, 2.05) is 0 Å². The number of rotatable bonds is 0. The second kappa shape index (κ2) is 3.29. The summed E-state index contributed by atoms with van der Waals surface area (Å²) in [5, 5.41) is 0.254. The Bertz CT molecular complexity index is 482. The number of fused-ring (bicyclic) bond motifs is 1. The lowest BCUT2D eigenvalue weighted by Crippen LogP contribution is -2.16. The Morgan fingerprint density at radius 3 is 2.79 bits per heavy atom. The maximum absolute atomic E-state index is 11.5. The van der Waals surface area contributed by atoms with Crippen molar-refractivity contribution in [3.8, 4) is 0 Å². The molecule has 0 aromatic carbocycles. The average Bonchev–Trinajstić information content (AvgIpc) is 2.14. The Morgan fingerprint density at radius 1 is 1.36 bits per heavy atom. The minimum atomic E-state index is -0.317. The van der Waals surface area contributed by atoms with E-state index in [2.05, 4.69) is 20.9 Å². The topological polar surface area (TPSA) is 47.0 Å². The number of Topliss-reactive ketones (excluding diaryl/α,β-unsaturated/α-hetero) is 1. The van der Waals surface area contributed by atoms with E-state index < -0.39 is 0 Å². The number of hydrogen-bond acceptors (Lipinski definition) is 3. The van der Waals surface area contributed by atoms with E-state index >= 15 is 0 Å². The minimum absolute atomic E-state index is 0.108. The van der Waals surface area contributed by atoms with Gasteiger partial charge in [0.2, 0.25) is 5.78 Å². The first-order chi connectivity index (χ1) is 6.61. The van der Waals surface area contributed by atoms with Gasteiger partial charge in [-0.25, -0.2) is 0 Å². The number of allylic oxidation sites excluding steroid dienone is 2. The summed E-state index contributed by atoms with van der Waals surface area (Å²) >= 11 is 8.79. The summed E-state index contributed by atoms with van der Waals surface area (Å²) in [6.45, 7) is 0. The van der Waals surface area contributed by atoms with Gasteiger partial charge >= 0.3 is 0 Å². The fourth-order valence-electron chi connectivity index (χ4n) is 1.21. The van der Waals surface area contributed by atoms with Crippen molar-refractivity contribution in [1.29, 1.82) is 0 Å². The number of carbonyl (C=O) groups excluding carboxylic acids is 2. The van der Waals surface area contributed by atoms with Crippen LogP contribution in [0.25, 0.3) is 0 Å². The number of ketones is 2. The van der Waals surface area contributed by atoms with Crippen LogP contribution in [0.5, 0.6) is 0 Å². The smallest absolute Gasteiger partial charge is 0.219 e. The highest BCUT2D eigenvalue weighted by molar-refractivity contribution is 9.12. The van der Waals surface area contributed by atoms with Gasteiger partial charge in [-0.05, 0) is 22.0 Å². The second-order valence-electron chi connectivity index (χ2n) is 2.70. The molecule has 1 aromatic heterocycles. The highest BCUT2D eigenvalue weighted by atomic mass is 79.9. The van der Waals surface area contributed by atoms with Gasteiger partial charge < -0.3 is 0 Å². The third-order valence-corrected chi connectivity index (χ3v) is 2.74. The lowest BCUT2D eigenvalue weighted by atomic mass is 10.0. The molecule has 1 aliphatic rings. The van der Waals surface area contributed by atoms with Crippen molar-refractivity contribution in [1.82, 2.24) is 4.98 Å². The summed E-state index contributed by atoms with van der Waals surface area (Å²) in [6, 6.07) is 1.48. The normalized spacial score (nSPS) is 15.1. The molecule has 0 saturated carbocycles. The van der Waals surface area contributed by atoms with E-state index in [-0.39, 0.29) is 32.3 Å². The van der Waals surface area contributed by atoms with Gasteiger partial charge in [-0.1, -0.05) is 11.6 Å². The third kappa shape index (κ3) is 1.31. The maximum atomic E-state index is 11.5. The van der Waals surface area contributed by atoms with Gasteiger partial charge in [-0.15, -0.1) is 0 Å². The second-order valence-corrected chi connectivity index (χ2v) is 3.96. The van der Waals surface area contributed by atoms with Crippen LogP contribution in [0.4, 0.5) is 0 Å². The average molecular weight is 272 g/mol. The van der Waals surface area contributed by atoms with Crippen LogP contribution in [0, 0.1) is 0 Å². The van der Waals surface area contributed by atoms with Crippen LogP contribution in [0.3, 0.4) is 0 Å². The molecule has 0 radical (unpaired) electrons. The predicted octanol–water partition coefficient (Wildman–Crippen LogP) is 2.39. The van der Waals surface area contributed by atoms with Crippen molar-refractivity contribution in [2.24, 2.45) is 0 Å². The molecule has 1 aliphatic carbocycles. The summed E-state index contributed by atoms with van der Waals surface area (Å²) in [4.78, 5) is 26.8. The molecule has 2 rings (SSSR count). The monoisotopic (exact) mass is 271 g/mol. The van der Waals surface area contributed by atoms with Crippen molar-refractivity contribution >= 4 is 39.1 Å². The molecule has 0 aliphatic heterocycles.